The van der Waals surface area contributed by atoms with Crippen LogP contribution < -0.4 is 5.73 Å². The molecule has 98 valence electrons. The Hall–Kier alpha value is -1.88. The van der Waals surface area contributed by atoms with Gasteiger partial charge in [-0.2, -0.15) is 0 Å². The number of aromatic nitrogens is 1. The Morgan fingerprint density at radius 3 is 3.05 bits per heavy atom. The van der Waals surface area contributed by atoms with Gasteiger partial charge in [0.15, 0.2) is 0 Å². The summed E-state index contributed by atoms with van der Waals surface area (Å²) in [5.41, 5.74) is 9.19. The Balaban J connectivity index is 1.85. The van der Waals surface area contributed by atoms with E-state index in [-0.39, 0.29) is 5.91 Å². The van der Waals surface area contributed by atoms with E-state index in [9.17, 15) is 4.79 Å². The number of nitrogens with two attached hydrogens (primary N) is 1. The van der Waals surface area contributed by atoms with E-state index >= 15 is 0 Å². The summed E-state index contributed by atoms with van der Waals surface area (Å²) in [5, 5.41) is 3.04. The zero-order valence-corrected chi connectivity index (χ0v) is 11.5. The van der Waals surface area contributed by atoms with Gasteiger partial charge in [-0.3, -0.25) is 4.79 Å². The van der Waals surface area contributed by atoms with Gasteiger partial charge in [0.2, 0.25) is 0 Å². The average molecular weight is 273 g/mol. The molecule has 2 heterocycles. The van der Waals surface area contributed by atoms with Crippen LogP contribution in [0.1, 0.15) is 26.6 Å². The minimum Gasteiger partial charge on any atom is -0.399 e. The van der Waals surface area contributed by atoms with Crippen LogP contribution in [0.3, 0.4) is 0 Å². The molecule has 0 radical (unpaired) electrons. The van der Waals surface area contributed by atoms with Gasteiger partial charge in [-0.05, 0) is 31.0 Å². The number of carbonyl (C=O) groups is 1. The predicted molar refractivity (Wildman–Crippen MR) is 76.1 cm³/mol. The Kier molecular flexibility index (Phi) is 2.98. The van der Waals surface area contributed by atoms with Crippen LogP contribution in [0.5, 0.6) is 0 Å². The molecule has 0 bridgehead atoms. The molecule has 1 aliphatic rings. The molecule has 4 nitrogen and oxygen atoms in total. The first-order valence-corrected chi connectivity index (χ1v) is 7.10. The molecule has 0 aliphatic carbocycles. The van der Waals surface area contributed by atoms with Gasteiger partial charge in [-0.1, -0.05) is 6.07 Å². The summed E-state index contributed by atoms with van der Waals surface area (Å²) in [4.78, 5) is 18.7. The Labute approximate surface area is 115 Å². The highest BCUT2D eigenvalue weighted by Crippen LogP contribution is 2.23. The molecule has 5 heteroatoms. The summed E-state index contributed by atoms with van der Waals surface area (Å²) in [6, 6.07) is 5.58. The second-order valence-electron chi connectivity index (χ2n) is 4.75. The molecule has 0 unspecified atom stereocenters. The number of hydrogen-bond donors (Lipinski definition) is 1. The molecule has 2 N–H and O–H groups in total. The van der Waals surface area contributed by atoms with Crippen molar-refractivity contribution in [3.8, 4) is 0 Å². The van der Waals surface area contributed by atoms with Crippen LogP contribution in [0, 0.1) is 6.92 Å². The summed E-state index contributed by atoms with van der Waals surface area (Å²) in [6.45, 7) is 3.30. The quantitative estimate of drug-likeness (QED) is 0.854. The zero-order chi connectivity index (χ0) is 13.4. The average Bonchev–Trinajstić information content (AvgIpc) is 2.79. The third kappa shape index (κ3) is 2.33. The number of rotatable bonds is 2. The molecule has 0 fully saturated rings. The van der Waals surface area contributed by atoms with E-state index < -0.39 is 0 Å². The van der Waals surface area contributed by atoms with Crippen molar-refractivity contribution in [3.63, 3.8) is 0 Å². The third-order valence-electron chi connectivity index (χ3n) is 3.32. The van der Waals surface area contributed by atoms with E-state index in [0.29, 0.717) is 12.2 Å². The van der Waals surface area contributed by atoms with Crippen molar-refractivity contribution in [2.45, 2.75) is 19.9 Å². The number of benzene rings is 1. The normalized spacial score (nSPS) is 14.6. The molecule has 0 spiro atoms. The second kappa shape index (κ2) is 4.66. The molecule has 2 aromatic rings. The standard InChI is InChI=1S/C14H15N3OS/c1-9-16-12(8-19-9)7-17-5-4-10-2-3-11(15)6-13(10)14(17)18/h2-3,6,8H,4-5,7,15H2,1H3. The van der Waals surface area contributed by atoms with Gasteiger partial charge < -0.3 is 10.6 Å². The summed E-state index contributed by atoms with van der Waals surface area (Å²) in [7, 11) is 0. The first-order chi connectivity index (χ1) is 9.13. The molecule has 0 saturated carbocycles. The maximum atomic E-state index is 12.4. The van der Waals surface area contributed by atoms with Gasteiger partial charge in [0.05, 0.1) is 17.2 Å². The fourth-order valence-electron chi connectivity index (χ4n) is 2.37. The van der Waals surface area contributed by atoms with E-state index in [1.807, 2.05) is 29.3 Å². The summed E-state index contributed by atoms with van der Waals surface area (Å²) in [5.74, 6) is 0.0548. The first-order valence-electron chi connectivity index (χ1n) is 6.22. The smallest absolute Gasteiger partial charge is 0.254 e. The number of carbonyl (C=O) groups excluding carboxylic acids is 1. The van der Waals surface area contributed by atoms with E-state index in [0.717, 1.165) is 34.8 Å². The maximum Gasteiger partial charge on any atom is 0.254 e. The van der Waals surface area contributed by atoms with Gasteiger partial charge in [0, 0.05) is 23.2 Å². The molecule has 1 aromatic heterocycles. The van der Waals surface area contributed by atoms with E-state index in [1.54, 1.807) is 17.4 Å². The monoisotopic (exact) mass is 273 g/mol. The van der Waals surface area contributed by atoms with Gasteiger partial charge >= 0.3 is 0 Å². The van der Waals surface area contributed by atoms with Crippen molar-refractivity contribution in [3.05, 3.63) is 45.4 Å². The molecular formula is C14H15N3OS. The largest absolute Gasteiger partial charge is 0.399 e. The van der Waals surface area contributed by atoms with Crippen LogP contribution in [0.2, 0.25) is 0 Å². The molecular weight excluding hydrogens is 258 g/mol. The highest BCUT2D eigenvalue weighted by atomic mass is 32.1. The highest BCUT2D eigenvalue weighted by Gasteiger charge is 2.24. The fourth-order valence-corrected chi connectivity index (χ4v) is 2.97. The minimum absolute atomic E-state index is 0.0548. The number of aryl methyl sites for hydroxylation is 1. The number of amides is 1. The number of nitrogen functional groups attached to an aromatic ring is 1. The van der Waals surface area contributed by atoms with Crippen LogP contribution in [-0.2, 0) is 13.0 Å². The molecule has 1 aliphatic heterocycles. The Morgan fingerprint density at radius 1 is 1.47 bits per heavy atom. The Bertz CT molecular complexity index is 635. The van der Waals surface area contributed by atoms with Crippen LogP contribution >= 0.6 is 11.3 Å². The molecule has 3 rings (SSSR count). The SMILES string of the molecule is Cc1nc(CN2CCc3ccc(N)cc3C2=O)cs1. The number of thiazole rings is 1. The van der Waals surface area contributed by atoms with Crippen molar-refractivity contribution in [1.82, 2.24) is 9.88 Å². The van der Waals surface area contributed by atoms with E-state index in [1.165, 1.54) is 0 Å². The number of fused-ring (bicyclic) bond motifs is 1. The van der Waals surface area contributed by atoms with Crippen molar-refractivity contribution >= 4 is 22.9 Å². The lowest BCUT2D eigenvalue weighted by molar-refractivity contribution is 0.0725. The zero-order valence-electron chi connectivity index (χ0n) is 10.7. The molecule has 1 amide bonds. The van der Waals surface area contributed by atoms with Crippen molar-refractivity contribution in [2.24, 2.45) is 0 Å². The fraction of sp³-hybridized carbons (Fsp3) is 0.286. The van der Waals surface area contributed by atoms with Crippen LogP contribution in [0.4, 0.5) is 5.69 Å². The lowest BCUT2D eigenvalue weighted by Crippen LogP contribution is -2.37. The summed E-state index contributed by atoms with van der Waals surface area (Å²) in [6.07, 6.45) is 0.879. The van der Waals surface area contributed by atoms with Gasteiger partial charge in [-0.25, -0.2) is 4.98 Å². The second-order valence-corrected chi connectivity index (χ2v) is 5.81. The molecule has 0 saturated heterocycles. The molecule has 0 atom stereocenters. The van der Waals surface area contributed by atoms with E-state index in [4.69, 9.17) is 5.73 Å². The van der Waals surface area contributed by atoms with Crippen LogP contribution in [0.15, 0.2) is 23.6 Å². The number of anilines is 1. The van der Waals surface area contributed by atoms with Gasteiger partial charge in [0.1, 0.15) is 0 Å². The third-order valence-corrected chi connectivity index (χ3v) is 4.14. The maximum absolute atomic E-state index is 12.4. The molecule has 19 heavy (non-hydrogen) atoms. The van der Waals surface area contributed by atoms with Gasteiger partial charge in [0.25, 0.3) is 5.91 Å². The molecule has 1 aromatic carbocycles. The Morgan fingerprint density at radius 2 is 2.32 bits per heavy atom. The first kappa shape index (κ1) is 12.2. The van der Waals surface area contributed by atoms with Crippen molar-refractivity contribution in [2.75, 3.05) is 12.3 Å². The highest BCUT2D eigenvalue weighted by molar-refractivity contribution is 7.09. The summed E-state index contributed by atoms with van der Waals surface area (Å²) >= 11 is 1.61. The number of nitrogens with zero attached hydrogens (tertiary/aromatic N) is 2. The van der Waals surface area contributed by atoms with Gasteiger partial charge in [-0.15, -0.1) is 11.3 Å². The topological polar surface area (TPSA) is 59.2 Å². The lowest BCUT2D eigenvalue weighted by Gasteiger charge is -2.28. The van der Waals surface area contributed by atoms with Crippen molar-refractivity contribution in [1.29, 1.82) is 0 Å². The predicted octanol–water partition coefficient (Wildman–Crippen LogP) is 2.23. The van der Waals surface area contributed by atoms with Crippen LogP contribution in [-0.4, -0.2) is 22.3 Å². The minimum atomic E-state index is 0.0548. The lowest BCUT2D eigenvalue weighted by atomic mass is 9.98. The van der Waals surface area contributed by atoms with E-state index in [2.05, 4.69) is 4.98 Å². The summed E-state index contributed by atoms with van der Waals surface area (Å²) < 4.78 is 0. The van der Waals surface area contributed by atoms with Crippen molar-refractivity contribution < 1.29 is 4.79 Å². The van der Waals surface area contributed by atoms with Crippen LogP contribution in [0.25, 0.3) is 0 Å². The number of hydrogen-bond acceptors (Lipinski definition) is 4.